The minimum atomic E-state index is 0.637. The summed E-state index contributed by atoms with van der Waals surface area (Å²) in [6.45, 7) is 9.31. The van der Waals surface area contributed by atoms with Crippen molar-refractivity contribution in [1.82, 2.24) is 9.80 Å². The summed E-state index contributed by atoms with van der Waals surface area (Å²) in [5, 5.41) is 0. The van der Waals surface area contributed by atoms with Crippen LogP contribution in [0.25, 0.3) is 0 Å². The van der Waals surface area contributed by atoms with E-state index in [4.69, 9.17) is 0 Å². The van der Waals surface area contributed by atoms with Crippen LogP contribution >= 0.6 is 0 Å². The van der Waals surface area contributed by atoms with Gasteiger partial charge in [0.2, 0.25) is 0 Å². The molecule has 1 aliphatic rings. The molecular formula is C28H56N2. The van der Waals surface area contributed by atoms with Crippen molar-refractivity contribution in [3.8, 4) is 0 Å². The molecule has 2 nitrogen and oxygen atoms in total. The molecule has 0 spiro atoms. The van der Waals surface area contributed by atoms with E-state index in [0.717, 1.165) is 6.54 Å². The first-order valence-electron chi connectivity index (χ1n) is 14.0. The van der Waals surface area contributed by atoms with Crippen LogP contribution < -0.4 is 0 Å². The number of unbranched alkanes of at least 4 members (excludes halogenated alkanes) is 17. The van der Waals surface area contributed by atoms with E-state index in [1.165, 1.54) is 135 Å². The number of rotatable bonds is 22. The zero-order chi connectivity index (χ0) is 21.7. The van der Waals surface area contributed by atoms with Gasteiger partial charge in [0.05, 0.1) is 0 Å². The zero-order valence-corrected chi connectivity index (χ0v) is 21.2. The van der Waals surface area contributed by atoms with Gasteiger partial charge in [-0.2, -0.15) is 0 Å². The fourth-order valence-corrected chi connectivity index (χ4v) is 4.85. The third-order valence-electron chi connectivity index (χ3n) is 6.92. The normalized spacial score (nSPS) is 16.2. The molecule has 178 valence electrons. The molecule has 0 saturated heterocycles. The Morgan fingerprint density at radius 2 is 0.867 bits per heavy atom. The van der Waals surface area contributed by atoms with E-state index in [-0.39, 0.29) is 0 Å². The second kappa shape index (κ2) is 20.3. The maximum absolute atomic E-state index is 2.64. The first-order valence-corrected chi connectivity index (χ1v) is 14.0. The van der Waals surface area contributed by atoms with Crippen molar-refractivity contribution in [1.29, 1.82) is 0 Å². The van der Waals surface area contributed by atoms with E-state index in [1.807, 2.05) is 0 Å². The lowest BCUT2D eigenvalue weighted by molar-refractivity contribution is 0.142. The molecule has 0 aromatic carbocycles. The SMILES string of the molecule is CCCCCCCCCCCCC1N(CC)C=CN1CCCCCCCCCCC. The Bertz CT molecular complexity index is 379. The van der Waals surface area contributed by atoms with Crippen LogP contribution in [-0.2, 0) is 0 Å². The Balaban J connectivity index is 2.04. The van der Waals surface area contributed by atoms with Gasteiger partial charge in [-0.05, 0) is 26.2 Å². The molecule has 0 radical (unpaired) electrons. The molecule has 0 bridgehead atoms. The monoisotopic (exact) mass is 420 g/mol. The molecule has 0 amide bonds. The van der Waals surface area contributed by atoms with Crippen LogP contribution in [0.5, 0.6) is 0 Å². The highest BCUT2D eigenvalue weighted by molar-refractivity contribution is 4.96. The lowest BCUT2D eigenvalue weighted by Gasteiger charge is -2.32. The van der Waals surface area contributed by atoms with Crippen molar-refractivity contribution in [2.75, 3.05) is 13.1 Å². The minimum absolute atomic E-state index is 0.637. The van der Waals surface area contributed by atoms with E-state index in [9.17, 15) is 0 Å². The second-order valence-electron chi connectivity index (χ2n) is 9.65. The molecule has 1 rings (SSSR count). The largest absolute Gasteiger partial charge is 0.356 e. The van der Waals surface area contributed by atoms with Gasteiger partial charge < -0.3 is 9.80 Å². The highest BCUT2D eigenvalue weighted by Gasteiger charge is 2.23. The average molecular weight is 421 g/mol. The number of hydrogen-bond acceptors (Lipinski definition) is 2. The molecule has 1 aliphatic heterocycles. The summed E-state index contributed by atoms with van der Waals surface area (Å²) in [4.78, 5) is 5.19. The molecular weight excluding hydrogens is 364 g/mol. The summed E-state index contributed by atoms with van der Waals surface area (Å²) in [6, 6.07) is 0. The smallest absolute Gasteiger partial charge is 0.101 e. The van der Waals surface area contributed by atoms with Gasteiger partial charge in [-0.25, -0.2) is 0 Å². The fourth-order valence-electron chi connectivity index (χ4n) is 4.85. The van der Waals surface area contributed by atoms with E-state index in [0.29, 0.717) is 6.17 Å². The Morgan fingerprint density at radius 3 is 1.33 bits per heavy atom. The molecule has 1 unspecified atom stereocenters. The molecule has 2 heteroatoms. The first-order chi connectivity index (χ1) is 14.8. The van der Waals surface area contributed by atoms with E-state index < -0.39 is 0 Å². The van der Waals surface area contributed by atoms with Crippen molar-refractivity contribution in [3.05, 3.63) is 12.4 Å². The Hall–Kier alpha value is -0.660. The summed E-state index contributed by atoms with van der Waals surface area (Å²) in [5.41, 5.74) is 0. The van der Waals surface area contributed by atoms with Crippen molar-refractivity contribution < 1.29 is 0 Å². The van der Waals surface area contributed by atoms with Crippen LogP contribution in [0, 0.1) is 0 Å². The van der Waals surface area contributed by atoms with Gasteiger partial charge in [0, 0.05) is 25.5 Å². The average Bonchev–Trinajstić information content (AvgIpc) is 3.15. The summed E-state index contributed by atoms with van der Waals surface area (Å²) in [7, 11) is 0. The van der Waals surface area contributed by atoms with Crippen molar-refractivity contribution in [2.24, 2.45) is 0 Å². The van der Waals surface area contributed by atoms with Crippen LogP contribution in [-0.4, -0.2) is 29.1 Å². The summed E-state index contributed by atoms with van der Waals surface area (Å²) >= 11 is 0. The summed E-state index contributed by atoms with van der Waals surface area (Å²) in [5.74, 6) is 0. The van der Waals surface area contributed by atoms with Crippen molar-refractivity contribution >= 4 is 0 Å². The van der Waals surface area contributed by atoms with Crippen LogP contribution in [0.15, 0.2) is 12.4 Å². The first kappa shape index (κ1) is 27.4. The Morgan fingerprint density at radius 1 is 0.467 bits per heavy atom. The maximum atomic E-state index is 2.64. The quantitative estimate of drug-likeness (QED) is 0.161. The predicted octanol–water partition coefficient (Wildman–Crippen LogP) is 9.26. The van der Waals surface area contributed by atoms with E-state index >= 15 is 0 Å². The Kier molecular flexibility index (Phi) is 18.5. The van der Waals surface area contributed by atoms with Crippen LogP contribution in [0.3, 0.4) is 0 Å². The van der Waals surface area contributed by atoms with Crippen molar-refractivity contribution in [3.63, 3.8) is 0 Å². The lowest BCUT2D eigenvalue weighted by atomic mass is 10.0. The van der Waals surface area contributed by atoms with Gasteiger partial charge in [-0.15, -0.1) is 0 Å². The molecule has 0 fully saturated rings. The maximum Gasteiger partial charge on any atom is 0.101 e. The van der Waals surface area contributed by atoms with Crippen LogP contribution in [0.2, 0.25) is 0 Å². The van der Waals surface area contributed by atoms with Crippen LogP contribution in [0.4, 0.5) is 0 Å². The molecule has 0 saturated carbocycles. The van der Waals surface area contributed by atoms with Gasteiger partial charge in [0.25, 0.3) is 0 Å². The summed E-state index contributed by atoms with van der Waals surface area (Å²) in [6.07, 6.45) is 33.8. The Labute approximate surface area is 190 Å². The highest BCUT2D eigenvalue weighted by atomic mass is 15.4. The molecule has 1 heterocycles. The van der Waals surface area contributed by atoms with Gasteiger partial charge in [0.15, 0.2) is 0 Å². The molecule has 0 aromatic rings. The third kappa shape index (κ3) is 13.6. The second-order valence-corrected chi connectivity index (χ2v) is 9.65. The topological polar surface area (TPSA) is 6.48 Å². The minimum Gasteiger partial charge on any atom is -0.356 e. The fraction of sp³-hybridized carbons (Fsp3) is 0.929. The van der Waals surface area contributed by atoms with Gasteiger partial charge in [-0.1, -0.05) is 123 Å². The highest BCUT2D eigenvalue weighted by Crippen LogP contribution is 2.22. The van der Waals surface area contributed by atoms with Gasteiger partial charge in [0.1, 0.15) is 6.17 Å². The third-order valence-corrected chi connectivity index (χ3v) is 6.92. The van der Waals surface area contributed by atoms with E-state index in [2.05, 4.69) is 43.0 Å². The zero-order valence-electron chi connectivity index (χ0n) is 21.2. The standard InChI is InChI=1S/C28H56N2/c1-4-7-9-11-13-15-16-18-20-22-24-28-29(6-3)26-27-30(28)25-23-21-19-17-14-12-10-8-5-2/h26-28H,4-25H2,1-3H3. The van der Waals surface area contributed by atoms with Crippen molar-refractivity contribution in [2.45, 2.75) is 155 Å². The molecule has 0 aliphatic carbocycles. The number of hydrogen-bond donors (Lipinski definition) is 0. The number of nitrogens with zero attached hydrogens (tertiary/aromatic N) is 2. The lowest BCUT2D eigenvalue weighted by Crippen LogP contribution is -2.38. The van der Waals surface area contributed by atoms with Gasteiger partial charge in [-0.3, -0.25) is 0 Å². The predicted molar refractivity (Wildman–Crippen MR) is 136 cm³/mol. The molecule has 1 atom stereocenters. The van der Waals surface area contributed by atoms with Crippen LogP contribution in [0.1, 0.15) is 149 Å². The molecule has 0 N–H and O–H groups in total. The molecule has 30 heavy (non-hydrogen) atoms. The molecule has 0 aromatic heterocycles. The van der Waals surface area contributed by atoms with E-state index in [1.54, 1.807) is 0 Å². The van der Waals surface area contributed by atoms with Gasteiger partial charge >= 0.3 is 0 Å². The summed E-state index contributed by atoms with van der Waals surface area (Å²) < 4.78 is 0.